The van der Waals surface area contributed by atoms with Crippen LogP contribution in [0.1, 0.15) is 46.9 Å². The van der Waals surface area contributed by atoms with Crippen molar-refractivity contribution < 1.29 is 9.53 Å². The molecule has 0 bridgehead atoms. The number of nitrogens with zero attached hydrogens (tertiary/aromatic N) is 1. The first kappa shape index (κ1) is 16.1. The third kappa shape index (κ3) is 2.76. The van der Waals surface area contributed by atoms with Crippen molar-refractivity contribution in [1.29, 1.82) is 0 Å². The Kier molecular flexibility index (Phi) is 4.44. The number of rotatable bonds is 4. The number of aromatic nitrogens is 1. The highest BCUT2D eigenvalue weighted by Crippen LogP contribution is 2.30. The third-order valence-electron chi connectivity index (χ3n) is 4.99. The van der Waals surface area contributed by atoms with E-state index in [0.29, 0.717) is 13.2 Å². The molecule has 1 aromatic carbocycles. The first-order valence-electron chi connectivity index (χ1n) is 8.51. The largest absolute Gasteiger partial charge is 0.380 e. The van der Waals surface area contributed by atoms with Gasteiger partial charge >= 0.3 is 0 Å². The van der Waals surface area contributed by atoms with Crippen LogP contribution in [-0.4, -0.2) is 41.6 Å². The summed E-state index contributed by atoms with van der Waals surface area (Å²) in [6.07, 6.45) is 2.09. The van der Waals surface area contributed by atoms with E-state index in [2.05, 4.69) is 31.0 Å². The van der Waals surface area contributed by atoms with Gasteiger partial charge in [-0.3, -0.25) is 4.79 Å². The SMILES string of the molecule is CCOC[C@@H]1CCCN1C(=O)c1[nH]c2c(C)ccc(C)c2c1C. The molecule has 1 amide bonds. The molecule has 0 saturated carbocycles. The summed E-state index contributed by atoms with van der Waals surface area (Å²) >= 11 is 0. The van der Waals surface area contributed by atoms with Crippen molar-refractivity contribution in [3.05, 3.63) is 34.5 Å². The second-order valence-electron chi connectivity index (χ2n) is 6.53. The Bertz CT molecular complexity index is 733. The Morgan fingerprint density at radius 2 is 2.04 bits per heavy atom. The van der Waals surface area contributed by atoms with Gasteiger partial charge in [0.2, 0.25) is 0 Å². The molecule has 23 heavy (non-hydrogen) atoms. The Hall–Kier alpha value is -1.81. The van der Waals surface area contributed by atoms with E-state index in [0.717, 1.165) is 36.2 Å². The van der Waals surface area contributed by atoms with Crippen LogP contribution in [0.5, 0.6) is 0 Å². The molecule has 1 N–H and O–H groups in total. The summed E-state index contributed by atoms with van der Waals surface area (Å²) in [5, 5.41) is 1.19. The molecule has 1 aliphatic heterocycles. The predicted molar refractivity (Wildman–Crippen MR) is 93.1 cm³/mol. The lowest BCUT2D eigenvalue weighted by Crippen LogP contribution is -2.38. The Morgan fingerprint density at radius 3 is 2.74 bits per heavy atom. The van der Waals surface area contributed by atoms with E-state index < -0.39 is 0 Å². The van der Waals surface area contributed by atoms with Gasteiger partial charge in [0.25, 0.3) is 5.91 Å². The van der Waals surface area contributed by atoms with Gasteiger partial charge in [0.05, 0.1) is 12.6 Å². The molecule has 0 unspecified atom stereocenters. The zero-order valence-electron chi connectivity index (χ0n) is 14.5. The molecule has 0 spiro atoms. The van der Waals surface area contributed by atoms with Gasteiger partial charge in [0, 0.05) is 24.1 Å². The average molecular weight is 314 g/mol. The maximum atomic E-state index is 13.1. The smallest absolute Gasteiger partial charge is 0.270 e. The Labute approximate surface area is 137 Å². The fraction of sp³-hybridized carbons (Fsp3) is 0.526. The van der Waals surface area contributed by atoms with Gasteiger partial charge in [-0.25, -0.2) is 0 Å². The molecule has 1 aliphatic rings. The zero-order valence-corrected chi connectivity index (χ0v) is 14.5. The molecule has 3 rings (SSSR count). The van der Waals surface area contributed by atoms with Crippen LogP contribution in [-0.2, 0) is 4.74 Å². The van der Waals surface area contributed by atoms with Gasteiger partial charge in [0.15, 0.2) is 0 Å². The highest BCUT2D eigenvalue weighted by atomic mass is 16.5. The minimum Gasteiger partial charge on any atom is -0.380 e. The van der Waals surface area contributed by atoms with E-state index in [1.165, 1.54) is 16.5 Å². The van der Waals surface area contributed by atoms with E-state index in [-0.39, 0.29) is 11.9 Å². The number of aromatic amines is 1. The van der Waals surface area contributed by atoms with Crippen LogP contribution in [0.4, 0.5) is 0 Å². The molecule has 2 heterocycles. The van der Waals surface area contributed by atoms with Gasteiger partial charge < -0.3 is 14.6 Å². The number of hydrogen-bond acceptors (Lipinski definition) is 2. The van der Waals surface area contributed by atoms with Crippen molar-refractivity contribution in [2.45, 2.75) is 46.6 Å². The first-order valence-corrected chi connectivity index (χ1v) is 8.51. The fourth-order valence-electron chi connectivity index (χ4n) is 3.69. The second kappa shape index (κ2) is 6.36. The summed E-state index contributed by atoms with van der Waals surface area (Å²) in [6, 6.07) is 4.44. The Morgan fingerprint density at radius 1 is 1.30 bits per heavy atom. The number of carbonyl (C=O) groups excluding carboxylic acids is 1. The molecule has 2 aromatic rings. The van der Waals surface area contributed by atoms with E-state index in [1.807, 2.05) is 18.7 Å². The number of nitrogens with one attached hydrogen (secondary N) is 1. The molecule has 1 saturated heterocycles. The van der Waals surface area contributed by atoms with Crippen molar-refractivity contribution in [2.75, 3.05) is 19.8 Å². The summed E-state index contributed by atoms with van der Waals surface area (Å²) in [5.41, 5.74) is 5.28. The number of amides is 1. The lowest BCUT2D eigenvalue weighted by Gasteiger charge is -2.24. The number of H-pyrrole nitrogens is 1. The van der Waals surface area contributed by atoms with Gasteiger partial charge in [-0.1, -0.05) is 12.1 Å². The number of carbonyl (C=O) groups is 1. The van der Waals surface area contributed by atoms with Crippen LogP contribution in [0.2, 0.25) is 0 Å². The number of fused-ring (bicyclic) bond motifs is 1. The van der Waals surface area contributed by atoms with Crippen molar-refractivity contribution in [3.63, 3.8) is 0 Å². The van der Waals surface area contributed by atoms with Crippen LogP contribution in [0.15, 0.2) is 12.1 Å². The molecule has 4 nitrogen and oxygen atoms in total. The molecule has 4 heteroatoms. The average Bonchev–Trinajstić information content (AvgIpc) is 3.13. The minimum absolute atomic E-state index is 0.111. The van der Waals surface area contributed by atoms with Crippen molar-refractivity contribution in [2.24, 2.45) is 0 Å². The zero-order chi connectivity index (χ0) is 16.6. The number of benzene rings is 1. The van der Waals surface area contributed by atoms with E-state index >= 15 is 0 Å². The topological polar surface area (TPSA) is 45.3 Å². The van der Waals surface area contributed by atoms with Crippen molar-refractivity contribution >= 4 is 16.8 Å². The molecule has 1 aromatic heterocycles. The molecule has 0 radical (unpaired) electrons. The summed E-state index contributed by atoms with van der Waals surface area (Å²) in [4.78, 5) is 18.5. The van der Waals surface area contributed by atoms with Crippen LogP contribution >= 0.6 is 0 Å². The number of ether oxygens (including phenoxy) is 1. The quantitative estimate of drug-likeness (QED) is 0.934. The highest BCUT2D eigenvalue weighted by Gasteiger charge is 2.31. The fourth-order valence-corrected chi connectivity index (χ4v) is 3.69. The van der Waals surface area contributed by atoms with Crippen LogP contribution in [0.3, 0.4) is 0 Å². The minimum atomic E-state index is 0.111. The highest BCUT2D eigenvalue weighted by molar-refractivity contribution is 6.02. The lowest BCUT2D eigenvalue weighted by atomic mass is 10.0. The van der Waals surface area contributed by atoms with Gasteiger partial charge in [-0.15, -0.1) is 0 Å². The Balaban J connectivity index is 1.96. The van der Waals surface area contributed by atoms with Gasteiger partial charge in [0.1, 0.15) is 5.69 Å². The predicted octanol–water partition coefficient (Wildman–Crippen LogP) is 3.73. The normalized spacial score (nSPS) is 18.1. The van der Waals surface area contributed by atoms with Crippen LogP contribution in [0, 0.1) is 20.8 Å². The number of hydrogen-bond donors (Lipinski definition) is 1. The van der Waals surface area contributed by atoms with Gasteiger partial charge in [-0.2, -0.15) is 0 Å². The van der Waals surface area contributed by atoms with Crippen LogP contribution in [0.25, 0.3) is 10.9 Å². The van der Waals surface area contributed by atoms with E-state index in [9.17, 15) is 4.79 Å². The first-order chi connectivity index (χ1) is 11.0. The van der Waals surface area contributed by atoms with Crippen molar-refractivity contribution in [3.8, 4) is 0 Å². The lowest BCUT2D eigenvalue weighted by molar-refractivity contribution is 0.0560. The molecule has 0 aliphatic carbocycles. The maximum Gasteiger partial charge on any atom is 0.270 e. The third-order valence-corrected chi connectivity index (χ3v) is 4.99. The molecular formula is C19H26N2O2. The van der Waals surface area contributed by atoms with Crippen LogP contribution < -0.4 is 0 Å². The van der Waals surface area contributed by atoms with Crippen molar-refractivity contribution in [1.82, 2.24) is 9.88 Å². The van der Waals surface area contributed by atoms with E-state index in [1.54, 1.807) is 0 Å². The summed E-state index contributed by atoms with van der Waals surface area (Å²) < 4.78 is 5.56. The number of likely N-dealkylation sites (tertiary alicyclic amines) is 1. The molecular weight excluding hydrogens is 288 g/mol. The monoisotopic (exact) mass is 314 g/mol. The molecule has 124 valence electrons. The number of aryl methyl sites for hydroxylation is 3. The molecule has 1 fully saturated rings. The summed E-state index contributed by atoms with van der Waals surface area (Å²) in [5.74, 6) is 0.111. The molecule has 1 atom stereocenters. The van der Waals surface area contributed by atoms with Gasteiger partial charge in [-0.05, 0) is 57.2 Å². The maximum absolute atomic E-state index is 13.1. The van der Waals surface area contributed by atoms with E-state index in [4.69, 9.17) is 4.74 Å². The summed E-state index contributed by atoms with van der Waals surface area (Å²) in [7, 11) is 0. The standard InChI is InChI=1S/C19H26N2O2/c1-5-23-11-15-7-6-10-21(15)19(22)18-14(4)16-12(2)8-9-13(3)17(16)20-18/h8-9,15,20H,5-7,10-11H2,1-4H3/t15-/m0/s1. The second-order valence-corrected chi connectivity index (χ2v) is 6.53. The summed E-state index contributed by atoms with van der Waals surface area (Å²) in [6.45, 7) is 10.4.